The molecule has 27 heavy (non-hydrogen) atoms. The van der Waals surface area contributed by atoms with Gasteiger partial charge in [0.1, 0.15) is 5.69 Å². The van der Waals surface area contributed by atoms with Crippen LogP contribution < -0.4 is 5.32 Å². The quantitative estimate of drug-likeness (QED) is 0.825. The first-order valence-corrected chi connectivity index (χ1v) is 10.1. The lowest BCUT2D eigenvalue weighted by Gasteiger charge is -2.53. The van der Waals surface area contributed by atoms with Crippen LogP contribution in [0, 0.1) is 5.41 Å². The van der Waals surface area contributed by atoms with Crippen molar-refractivity contribution >= 4 is 29.2 Å². The van der Waals surface area contributed by atoms with E-state index in [9.17, 15) is 9.59 Å². The molecule has 2 aliphatic rings. The first kappa shape index (κ1) is 17.9. The highest BCUT2D eigenvalue weighted by Crippen LogP contribution is 2.49. The van der Waals surface area contributed by atoms with Gasteiger partial charge in [0.25, 0.3) is 5.91 Å². The van der Waals surface area contributed by atoms with Crippen LogP contribution in [-0.2, 0) is 4.79 Å². The summed E-state index contributed by atoms with van der Waals surface area (Å²) in [6, 6.07) is 4.13. The summed E-state index contributed by atoms with van der Waals surface area (Å²) in [6.45, 7) is 1.48. The van der Waals surface area contributed by atoms with Crippen molar-refractivity contribution in [2.75, 3.05) is 13.1 Å². The Bertz CT molecular complexity index is 827. The Balaban J connectivity index is 1.31. The second-order valence-corrected chi connectivity index (χ2v) is 8.17. The number of rotatable bonds is 4. The first-order chi connectivity index (χ1) is 13.2. The van der Waals surface area contributed by atoms with E-state index in [1.807, 2.05) is 28.5 Å². The van der Waals surface area contributed by atoms with Crippen LogP contribution in [0.5, 0.6) is 0 Å². The van der Waals surface area contributed by atoms with Crippen molar-refractivity contribution in [2.45, 2.75) is 31.7 Å². The molecule has 6 nitrogen and oxygen atoms in total. The molecule has 1 saturated heterocycles. The summed E-state index contributed by atoms with van der Waals surface area (Å²) in [6.07, 6.45) is 12.1. The lowest BCUT2D eigenvalue weighted by molar-refractivity contribution is -0.130. The minimum Gasteiger partial charge on any atom is -0.347 e. The highest BCUT2D eigenvalue weighted by Gasteiger charge is 2.49. The number of nitrogens with one attached hydrogen (secondary N) is 1. The number of likely N-dealkylation sites (tertiary alicyclic amines) is 1. The third-order valence-corrected chi connectivity index (χ3v) is 6.61. The molecule has 1 aliphatic carbocycles. The number of hydrogen-bond acceptors (Lipinski definition) is 5. The highest BCUT2D eigenvalue weighted by molar-refractivity contribution is 7.10. The molecule has 1 atom stereocenters. The SMILES string of the molecule is O=C(NC1CCC12CCN(C(=O)/C=C/c1cccs1)CC2)c1cnccn1. The smallest absolute Gasteiger partial charge is 0.271 e. The van der Waals surface area contributed by atoms with Gasteiger partial charge in [-0.25, -0.2) is 4.98 Å². The summed E-state index contributed by atoms with van der Waals surface area (Å²) >= 11 is 1.62. The number of carbonyl (C=O) groups is 2. The molecular formula is C20H22N4O2S. The molecule has 2 amide bonds. The molecule has 2 aromatic rings. The third-order valence-electron chi connectivity index (χ3n) is 5.78. The lowest BCUT2D eigenvalue weighted by atomic mass is 9.59. The van der Waals surface area contributed by atoms with Gasteiger partial charge in [0.15, 0.2) is 0 Å². The molecule has 2 aromatic heterocycles. The molecule has 1 N–H and O–H groups in total. The Kier molecular flexibility index (Phi) is 5.03. The molecular weight excluding hydrogens is 360 g/mol. The van der Waals surface area contributed by atoms with Crippen molar-refractivity contribution < 1.29 is 9.59 Å². The molecule has 0 radical (unpaired) electrons. The molecule has 2 fully saturated rings. The molecule has 140 valence electrons. The lowest BCUT2D eigenvalue weighted by Crippen LogP contribution is -2.59. The summed E-state index contributed by atoms with van der Waals surface area (Å²) in [4.78, 5) is 35.8. The summed E-state index contributed by atoms with van der Waals surface area (Å²) in [7, 11) is 0. The fourth-order valence-electron chi connectivity index (χ4n) is 3.99. The van der Waals surface area contributed by atoms with Gasteiger partial charge in [0.05, 0.1) is 6.20 Å². The Labute approximate surface area is 162 Å². The molecule has 7 heteroatoms. The normalized spacial score (nSPS) is 21.2. The topological polar surface area (TPSA) is 75.2 Å². The van der Waals surface area contributed by atoms with Crippen molar-refractivity contribution in [3.05, 3.63) is 52.8 Å². The Morgan fingerprint density at radius 2 is 2.11 bits per heavy atom. The molecule has 1 unspecified atom stereocenters. The van der Waals surface area contributed by atoms with Crippen molar-refractivity contribution in [3.8, 4) is 0 Å². The van der Waals surface area contributed by atoms with E-state index >= 15 is 0 Å². The zero-order valence-electron chi connectivity index (χ0n) is 15.0. The van der Waals surface area contributed by atoms with E-state index in [0.717, 1.165) is 43.6 Å². The van der Waals surface area contributed by atoms with E-state index in [4.69, 9.17) is 0 Å². The average molecular weight is 382 g/mol. The van der Waals surface area contributed by atoms with Gasteiger partial charge >= 0.3 is 0 Å². The summed E-state index contributed by atoms with van der Waals surface area (Å²) < 4.78 is 0. The Hall–Kier alpha value is -2.54. The van der Waals surface area contributed by atoms with Gasteiger partial charge in [-0.3, -0.25) is 14.6 Å². The summed E-state index contributed by atoms with van der Waals surface area (Å²) in [5.41, 5.74) is 0.470. The van der Waals surface area contributed by atoms with E-state index in [1.54, 1.807) is 23.6 Å². The Morgan fingerprint density at radius 3 is 2.74 bits per heavy atom. The zero-order chi connectivity index (χ0) is 18.7. The van der Waals surface area contributed by atoms with E-state index in [-0.39, 0.29) is 23.3 Å². The Morgan fingerprint density at radius 1 is 1.26 bits per heavy atom. The van der Waals surface area contributed by atoms with Crippen LogP contribution in [-0.4, -0.2) is 45.8 Å². The van der Waals surface area contributed by atoms with E-state index in [1.165, 1.54) is 12.4 Å². The largest absolute Gasteiger partial charge is 0.347 e. The number of nitrogens with zero attached hydrogens (tertiary/aromatic N) is 3. The number of aromatic nitrogens is 2. The van der Waals surface area contributed by atoms with E-state index in [0.29, 0.717) is 5.69 Å². The van der Waals surface area contributed by atoms with Crippen molar-refractivity contribution in [1.82, 2.24) is 20.2 Å². The van der Waals surface area contributed by atoms with Gasteiger partial charge in [-0.05, 0) is 48.6 Å². The maximum atomic E-state index is 12.4. The number of thiophene rings is 1. The zero-order valence-corrected chi connectivity index (χ0v) is 15.8. The summed E-state index contributed by atoms with van der Waals surface area (Å²) in [5.74, 6) is -0.0951. The maximum absolute atomic E-state index is 12.4. The van der Waals surface area contributed by atoms with E-state index < -0.39 is 0 Å². The third kappa shape index (κ3) is 3.78. The predicted octanol–water partition coefficient (Wildman–Crippen LogP) is 2.75. The number of carbonyl (C=O) groups excluding carboxylic acids is 2. The van der Waals surface area contributed by atoms with Crippen LogP contribution in [0.4, 0.5) is 0 Å². The molecule has 1 aliphatic heterocycles. The summed E-state index contributed by atoms with van der Waals surface area (Å²) in [5, 5.41) is 5.12. The molecule has 0 aromatic carbocycles. The van der Waals surface area contributed by atoms with Gasteiger partial charge < -0.3 is 10.2 Å². The van der Waals surface area contributed by atoms with Crippen molar-refractivity contribution in [3.63, 3.8) is 0 Å². The maximum Gasteiger partial charge on any atom is 0.271 e. The molecule has 1 spiro atoms. The molecule has 1 saturated carbocycles. The van der Waals surface area contributed by atoms with Gasteiger partial charge in [-0.2, -0.15) is 0 Å². The number of piperidine rings is 1. The number of amides is 2. The second kappa shape index (κ2) is 7.60. The molecule has 3 heterocycles. The van der Waals surface area contributed by atoms with Crippen LogP contribution in [0.1, 0.15) is 41.0 Å². The van der Waals surface area contributed by atoms with Gasteiger partial charge in [-0.15, -0.1) is 11.3 Å². The minimum absolute atomic E-state index is 0.0673. The second-order valence-electron chi connectivity index (χ2n) is 7.19. The highest BCUT2D eigenvalue weighted by atomic mass is 32.1. The first-order valence-electron chi connectivity index (χ1n) is 9.24. The van der Waals surface area contributed by atoms with Crippen molar-refractivity contribution in [1.29, 1.82) is 0 Å². The fraction of sp³-hybridized carbons (Fsp3) is 0.400. The van der Waals surface area contributed by atoms with Crippen LogP contribution in [0.25, 0.3) is 6.08 Å². The molecule has 0 bridgehead atoms. The van der Waals surface area contributed by atoms with E-state index in [2.05, 4.69) is 15.3 Å². The van der Waals surface area contributed by atoms with Gasteiger partial charge in [0.2, 0.25) is 5.91 Å². The van der Waals surface area contributed by atoms with Crippen LogP contribution in [0.2, 0.25) is 0 Å². The van der Waals surface area contributed by atoms with Crippen LogP contribution in [0.3, 0.4) is 0 Å². The average Bonchev–Trinajstić information content (AvgIpc) is 3.23. The predicted molar refractivity (Wildman–Crippen MR) is 104 cm³/mol. The standard InChI is InChI=1S/C20H22N4O2S/c25-18(4-3-15-2-1-13-27-15)24-11-7-20(8-12-24)6-5-17(20)23-19(26)16-14-21-9-10-22-16/h1-4,9-10,13-14,17H,5-8,11-12H2,(H,23,26)/b4-3+. The van der Waals surface area contributed by atoms with Gasteiger partial charge in [0, 0.05) is 42.5 Å². The molecule has 4 rings (SSSR count). The monoisotopic (exact) mass is 382 g/mol. The van der Waals surface area contributed by atoms with Crippen molar-refractivity contribution in [2.24, 2.45) is 5.41 Å². The van der Waals surface area contributed by atoms with Crippen LogP contribution >= 0.6 is 11.3 Å². The van der Waals surface area contributed by atoms with Gasteiger partial charge in [-0.1, -0.05) is 6.07 Å². The minimum atomic E-state index is -0.162. The number of hydrogen-bond donors (Lipinski definition) is 1. The van der Waals surface area contributed by atoms with Crippen LogP contribution in [0.15, 0.2) is 42.2 Å². The fourth-order valence-corrected chi connectivity index (χ4v) is 4.60.